The van der Waals surface area contributed by atoms with Crippen molar-refractivity contribution < 1.29 is 14.3 Å². The second kappa shape index (κ2) is 15.2. The summed E-state index contributed by atoms with van der Waals surface area (Å²) in [6.07, 6.45) is 8.30. The molecule has 180 valence electrons. The van der Waals surface area contributed by atoms with Crippen molar-refractivity contribution >= 4 is 17.6 Å². The lowest BCUT2D eigenvalue weighted by atomic mass is 10.00. The van der Waals surface area contributed by atoms with Crippen molar-refractivity contribution in [2.75, 3.05) is 31.6 Å². The van der Waals surface area contributed by atoms with E-state index in [1.807, 2.05) is 24.3 Å². The minimum atomic E-state index is -0.343. The number of aryl methyl sites for hydroxylation is 1. The number of unbranched alkanes of at least 4 members (excludes halogenated alkanes) is 5. The molecule has 0 radical (unpaired) electrons. The molecule has 5 heteroatoms. The molecule has 0 aromatic heterocycles. The maximum Gasteiger partial charge on any atom is 0.338 e. The van der Waals surface area contributed by atoms with E-state index in [1.54, 1.807) is 24.3 Å². The third-order valence-electron chi connectivity index (χ3n) is 5.98. The minimum Gasteiger partial charge on any atom is -0.461 e. The molecular weight excluding hydrogens is 412 g/mol. The monoisotopic (exact) mass is 452 g/mol. The highest BCUT2D eigenvalue weighted by atomic mass is 16.5. The van der Waals surface area contributed by atoms with Gasteiger partial charge < -0.3 is 15.0 Å². The number of rotatable bonds is 15. The molecular formula is C28H40N2O3. The van der Waals surface area contributed by atoms with E-state index < -0.39 is 0 Å². The number of nitrogens with zero attached hydrogens (tertiary/aromatic N) is 1. The van der Waals surface area contributed by atoms with Crippen LogP contribution in [-0.2, 0) is 11.2 Å². The minimum absolute atomic E-state index is 0.119. The largest absolute Gasteiger partial charge is 0.461 e. The van der Waals surface area contributed by atoms with Gasteiger partial charge in [-0.1, -0.05) is 71.1 Å². The number of ether oxygens (including phenoxy) is 1. The normalized spacial score (nSPS) is 10.9. The summed E-state index contributed by atoms with van der Waals surface area (Å²) in [4.78, 5) is 27.3. The van der Waals surface area contributed by atoms with Crippen LogP contribution in [0.3, 0.4) is 0 Å². The number of esters is 1. The third-order valence-corrected chi connectivity index (χ3v) is 5.98. The molecule has 0 saturated heterocycles. The maximum absolute atomic E-state index is 12.9. The number of carbonyl (C=O) groups excluding carboxylic acids is 2. The third kappa shape index (κ3) is 9.39. The van der Waals surface area contributed by atoms with Crippen LogP contribution in [0, 0.1) is 0 Å². The van der Waals surface area contributed by atoms with Gasteiger partial charge in [-0.2, -0.15) is 0 Å². The van der Waals surface area contributed by atoms with Crippen molar-refractivity contribution in [2.24, 2.45) is 0 Å². The Labute approximate surface area is 199 Å². The van der Waals surface area contributed by atoms with Gasteiger partial charge >= 0.3 is 5.97 Å². The standard InChI is InChI=1S/C28H40N2O3/c1-4-7-8-9-10-11-14-23-15-12-13-16-26(23)27(31)29-25-19-17-24(18-20-25)28(32)33-22-21-30(5-2)6-3/h12-13,15-20H,4-11,14,21-22H2,1-3H3,(H,29,31). The number of nitrogens with one attached hydrogen (secondary N) is 1. The van der Waals surface area contributed by atoms with Crippen molar-refractivity contribution in [2.45, 2.75) is 65.7 Å². The first kappa shape index (κ1) is 26.6. The first-order valence-corrected chi connectivity index (χ1v) is 12.5. The van der Waals surface area contributed by atoms with E-state index in [2.05, 4.69) is 31.0 Å². The summed E-state index contributed by atoms with van der Waals surface area (Å²) in [7, 11) is 0. The van der Waals surface area contributed by atoms with Crippen molar-refractivity contribution in [3.63, 3.8) is 0 Å². The zero-order chi connectivity index (χ0) is 23.9. The van der Waals surface area contributed by atoms with Gasteiger partial charge in [0, 0.05) is 17.8 Å². The number of benzene rings is 2. The number of likely N-dealkylation sites (N-methyl/N-ethyl adjacent to an activating group) is 1. The van der Waals surface area contributed by atoms with E-state index in [0.717, 1.165) is 38.0 Å². The van der Waals surface area contributed by atoms with Gasteiger partial charge in [0.15, 0.2) is 0 Å². The molecule has 0 fully saturated rings. The number of hydrogen-bond donors (Lipinski definition) is 1. The molecule has 0 aliphatic rings. The number of carbonyl (C=O) groups is 2. The fourth-order valence-corrected chi connectivity index (χ4v) is 3.83. The van der Waals surface area contributed by atoms with Crippen LogP contribution < -0.4 is 5.32 Å². The molecule has 0 aliphatic heterocycles. The van der Waals surface area contributed by atoms with Crippen LogP contribution in [0.2, 0.25) is 0 Å². The first-order chi connectivity index (χ1) is 16.1. The zero-order valence-electron chi connectivity index (χ0n) is 20.6. The second-order valence-electron chi connectivity index (χ2n) is 8.37. The van der Waals surface area contributed by atoms with Gasteiger partial charge in [-0.25, -0.2) is 4.79 Å². The van der Waals surface area contributed by atoms with Crippen LogP contribution >= 0.6 is 0 Å². The second-order valence-corrected chi connectivity index (χ2v) is 8.37. The average Bonchev–Trinajstić information content (AvgIpc) is 2.84. The fourth-order valence-electron chi connectivity index (χ4n) is 3.83. The molecule has 2 rings (SSSR count). The summed E-state index contributed by atoms with van der Waals surface area (Å²) in [5, 5.41) is 2.96. The molecule has 0 aliphatic carbocycles. The van der Waals surface area contributed by atoms with E-state index in [1.165, 1.54) is 32.1 Å². The van der Waals surface area contributed by atoms with Gasteiger partial charge in [0.25, 0.3) is 5.91 Å². The topological polar surface area (TPSA) is 58.6 Å². The molecule has 2 aromatic carbocycles. The van der Waals surface area contributed by atoms with Crippen LogP contribution in [0.25, 0.3) is 0 Å². The summed E-state index contributed by atoms with van der Waals surface area (Å²) in [6.45, 7) is 9.37. The van der Waals surface area contributed by atoms with Crippen molar-refractivity contribution in [3.8, 4) is 0 Å². The Morgan fingerprint density at radius 3 is 2.21 bits per heavy atom. The molecule has 0 saturated carbocycles. The highest BCUT2D eigenvalue weighted by Crippen LogP contribution is 2.17. The summed E-state index contributed by atoms with van der Waals surface area (Å²) >= 11 is 0. The van der Waals surface area contributed by atoms with E-state index in [0.29, 0.717) is 23.4 Å². The Hall–Kier alpha value is -2.66. The van der Waals surface area contributed by atoms with Gasteiger partial charge in [0.05, 0.1) is 5.56 Å². The van der Waals surface area contributed by atoms with E-state index >= 15 is 0 Å². The number of anilines is 1. The lowest BCUT2D eigenvalue weighted by Gasteiger charge is -2.17. The summed E-state index contributed by atoms with van der Waals surface area (Å²) in [6, 6.07) is 14.7. The van der Waals surface area contributed by atoms with Crippen LogP contribution in [0.5, 0.6) is 0 Å². The number of amides is 1. The predicted molar refractivity (Wildman–Crippen MR) is 136 cm³/mol. The fraction of sp³-hybridized carbons (Fsp3) is 0.500. The summed E-state index contributed by atoms with van der Waals surface area (Å²) in [5.74, 6) is -0.463. The average molecular weight is 453 g/mol. The lowest BCUT2D eigenvalue weighted by Crippen LogP contribution is -2.27. The van der Waals surface area contributed by atoms with Gasteiger partial charge in [-0.15, -0.1) is 0 Å². The molecule has 0 spiro atoms. The Bertz CT molecular complexity index is 844. The lowest BCUT2D eigenvalue weighted by molar-refractivity contribution is 0.0466. The van der Waals surface area contributed by atoms with Crippen LogP contribution in [0.15, 0.2) is 48.5 Å². The first-order valence-electron chi connectivity index (χ1n) is 12.5. The Kier molecular flexibility index (Phi) is 12.3. The van der Waals surface area contributed by atoms with E-state index in [-0.39, 0.29) is 11.9 Å². The van der Waals surface area contributed by atoms with E-state index in [4.69, 9.17) is 4.74 Å². The molecule has 0 unspecified atom stereocenters. The zero-order valence-corrected chi connectivity index (χ0v) is 20.6. The van der Waals surface area contributed by atoms with Crippen molar-refractivity contribution in [1.29, 1.82) is 0 Å². The molecule has 0 atom stereocenters. The van der Waals surface area contributed by atoms with Crippen molar-refractivity contribution in [3.05, 3.63) is 65.2 Å². The maximum atomic E-state index is 12.9. The van der Waals surface area contributed by atoms with Gasteiger partial charge in [0.2, 0.25) is 0 Å². The molecule has 0 bridgehead atoms. The number of hydrogen-bond acceptors (Lipinski definition) is 4. The smallest absolute Gasteiger partial charge is 0.338 e. The molecule has 1 amide bonds. The highest BCUT2D eigenvalue weighted by Gasteiger charge is 2.12. The van der Waals surface area contributed by atoms with E-state index in [9.17, 15) is 9.59 Å². The van der Waals surface area contributed by atoms with Crippen LogP contribution in [0.1, 0.15) is 85.6 Å². The Balaban J connectivity index is 1.87. The van der Waals surface area contributed by atoms with Crippen LogP contribution in [0.4, 0.5) is 5.69 Å². The molecule has 5 nitrogen and oxygen atoms in total. The predicted octanol–water partition coefficient (Wildman–Crippen LogP) is 6.34. The molecule has 0 heterocycles. The van der Waals surface area contributed by atoms with Gasteiger partial charge in [0.1, 0.15) is 6.61 Å². The molecule has 2 aromatic rings. The summed E-state index contributed by atoms with van der Waals surface area (Å²) in [5.41, 5.74) is 2.94. The summed E-state index contributed by atoms with van der Waals surface area (Å²) < 4.78 is 5.37. The Morgan fingerprint density at radius 1 is 0.848 bits per heavy atom. The quantitative estimate of drug-likeness (QED) is 0.253. The highest BCUT2D eigenvalue weighted by molar-refractivity contribution is 6.05. The van der Waals surface area contributed by atoms with Gasteiger partial charge in [-0.05, 0) is 61.8 Å². The Morgan fingerprint density at radius 2 is 1.52 bits per heavy atom. The molecule has 33 heavy (non-hydrogen) atoms. The molecule has 1 N–H and O–H groups in total. The van der Waals surface area contributed by atoms with Crippen molar-refractivity contribution in [1.82, 2.24) is 4.90 Å². The SMILES string of the molecule is CCCCCCCCc1ccccc1C(=O)Nc1ccc(C(=O)OCCN(CC)CC)cc1. The van der Waals surface area contributed by atoms with Gasteiger partial charge in [-0.3, -0.25) is 4.79 Å². The van der Waals surface area contributed by atoms with Crippen LogP contribution in [-0.4, -0.2) is 43.0 Å².